The molecule has 1 radical (unpaired) electrons. The molecule has 0 aliphatic carbocycles. The third-order valence-corrected chi connectivity index (χ3v) is 5.73. The van der Waals surface area contributed by atoms with Crippen molar-refractivity contribution in [3.8, 4) is 0 Å². The van der Waals surface area contributed by atoms with Crippen LogP contribution < -0.4 is 0 Å². The maximum atomic E-state index is 11.1. The standard InChI is InChI=1S/C16H32O.C7H15.W.Y/c1-12(2)11-14(6,7)16(10,17)15(8,9)13(3,4)5;1-6(2)5-7(3)4;;/h11-12,17H,3H2,1-2,4-10H3;6H,5H2,1-4H3;;/q-2;-1;;. The van der Waals surface area contributed by atoms with E-state index in [4.69, 9.17) is 0 Å². The molecule has 0 aromatic heterocycles. The van der Waals surface area contributed by atoms with E-state index in [1.54, 1.807) is 0 Å². The van der Waals surface area contributed by atoms with E-state index in [9.17, 15) is 5.11 Å². The van der Waals surface area contributed by atoms with Gasteiger partial charge in [0.25, 0.3) is 0 Å². The van der Waals surface area contributed by atoms with Crippen LogP contribution in [0.2, 0.25) is 0 Å². The van der Waals surface area contributed by atoms with Crippen LogP contribution in [0.4, 0.5) is 0 Å². The first-order valence-corrected chi connectivity index (χ1v) is 9.52. The van der Waals surface area contributed by atoms with Gasteiger partial charge in [0, 0.05) is 59.4 Å². The Hall–Kier alpha value is 1.75. The van der Waals surface area contributed by atoms with Gasteiger partial charge in [-0.25, -0.2) is 0 Å². The van der Waals surface area contributed by atoms with Crippen molar-refractivity contribution in [3.05, 3.63) is 19.3 Å². The Morgan fingerprint density at radius 1 is 0.923 bits per heavy atom. The zero-order chi connectivity index (χ0) is 20.1. The first-order valence-electron chi connectivity index (χ1n) is 9.52. The number of hydrogen-bond donors (Lipinski definition) is 1. The van der Waals surface area contributed by atoms with Crippen molar-refractivity contribution in [2.24, 2.45) is 28.1 Å². The average molecular weight is 612 g/mol. The summed E-state index contributed by atoms with van der Waals surface area (Å²) in [5.74, 6) is 2.83. The largest absolute Gasteiger partial charge is 0.392 e. The second-order valence-corrected chi connectivity index (χ2v) is 10.5. The van der Waals surface area contributed by atoms with Crippen LogP contribution in [0.1, 0.15) is 96.4 Å². The third kappa shape index (κ3) is 11.1. The Kier molecular flexibility index (Phi) is 17.8. The molecule has 0 aliphatic heterocycles. The van der Waals surface area contributed by atoms with Crippen LogP contribution in [0.15, 0.2) is 0 Å². The van der Waals surface area contributed by atoms with Gasteiger partial charge < -0.3 is 24.4 Å². The van der Waals surface area contributed by atoms with Gasteiger partial charge in [0.1, 0.15) is 0 Å². The summed E-state index contributed by atoms with van der Waals surface area (Å²) in [6.07, 6.45) is 3.51. The van der Waals surface area contributed by atoms with Gasteiger partial charge in [-0.2, -0.15) is 31.6 Å². The molecular weight excluding hydrogens is 565 g/mol. The van der Waals surface area contributed by atoms with Crippen LogP contribution in [0, 0.1) is 47.3 Å². The van der Waals surface area contributed by atoms with Crippen molar-refractivity contribution < 1.29 is 58.9 Å². The summed E-state index contributed by atoms with van der Waals surface area (Å²) in [5, 5.41) is 11.1. The first kappa shape index (κ1) is 35.2. The summed E-state index contributed by atoms with van der Waals surface area (Å²) in [6, 6.07) is 0. The molecule has 0 aromatic carbocycles. The first-order chi connectivity index (χ1) is 10.3. The van der Waals surface area contributed by atoms with Gasteiger partial charge in [-0.1, -0.05) is 75.2 Å². The monoisotopic (exact) mass is 612 g/mol. The Balaban J connectivity index is -0.000000230. The van der Waals surface area contributed by atoms with Crippen LogP contribution in [-0.4, -0.2) is 10.7 Å². The van der Waals surface area contributed by atoms with Gasteiger partial charge in [-0.15, -0.1) is 5.41 Å². The van der Waals surface area contributed by atoms with Crippen molar-refractivity contribution in [2.45, 2.75) is 102 Å². The van der Waals surface area contributed by atoms with Gasteiger partial charge in [-0.3, -0.25) is 0 Å². The molecule has 0 aliphatic rings. The molecule has 1 N–H and O–H groups in total. The molecule has 1 atom stereocenters. The van der Waals surface area contributed by atoms with E-state index in [2.05, 4.69) is 96.4 Å². The number of aliphatic hydroxyl groups is 1. The molecule has 1 nitrogen and oxygen atoms in total. The fourth-order valence-corrected chi connectivity index (χ4v) is 3.28. The van der Waals surface area contributed by atoms with Gasteiger partial charge >= 0.3 is 0 Å². The molecule has 0 saturated heterocycles. The molecule has 0 rings (SSSR count). The molecule has 157 valence electrons. The van der Waals surface area contributed by atoms with Gasteiger partial charge in [-0.05, 0) is 12.3 Å². The van der Waals surface area contributed by atoms with Gasteiger partial charge in [0.15, 0.2) is 0 Å². The molecule has 0 aromatic rings. The zero-order valence-corrected chi connectivity index (χ0v) is 25.9. The van der Waals surface area contributed by atoms with E-state index < -0.39 is 5.60 Å². The summed E-state index contributed by atoms with van der Waals surface area (Å²) in [5.41, 5.74) is -1.54. The fraction of sp³-hybridized carbons (Fsp3) is 0.870. The van der Waals surface area contributed by atoms with Crippen molar-refractivity contribution in [1.29, 1.82) is 0 Å². The molecule has 26 heavy (non-hydrogen) atoms. The Bertz CT molecular complexity index is 344. The smallest absolute Gasteiger partial charge is 0.0432 e. The van der Waals surface area contributed by atoms with E-state index >= 15 is 0 Å². The van der Waals surface area contributed by atoms with Crippen molar-refractivity contribution in [2.75, 3.05) is 0 Å². The van der Waals surface area contributed by atoms with E-state index in [0.717, 1.165) is 5.92 Å². The summed E-state index contributed by atoms with van der Waals surface area (Å²) in [7, 11) is 0. The molecule has 0 bridgehead atoms. The Morgan fingerprint density at radius 3 is 1.42 bits per heavy atom. The van der Waals surface area contributed by atoms with E-state index in [1.807, 2.05) is 6.92 Å². The van der Waals surface area contributed by atoms with Crippen molar-refractivity contribution in [1.82, 2.24) is 0 Å². The van der Waals surface area contributed by atoms with E-state index in [-0.39, 0.29) is 70.0 Å². The molecule has 0 heterocycles. The predicted molar refractivity (Wildman–Crippen MR) is 111 cm³/mol. The van der Waals surface area contributed by atoms with Crippen molar-refractivity contribution >= 4 is 0 Å². The van der Waals surface area contributed by atoms with E-state index in [0.29, 0.717) is 5.92 Å². The second-order valence-electron chi connectivity index (χ2n) is 10.5. The van der Waals surface area contributed by atoms with E-state index in [1.165, 1.54) is 12.3 Å². The molecule has 1 unspecified atom stereocenters. The van der Waals surface area contributed by atoms with Crippen LogP contribution in [0.5, 0.6) is 0 Å². The van der Waals surface area contributed by atoms with Crippen LogP contribution in [0.25, 0.3) is 0 Å². The minimum Gasteiger partial charge on any atom is -0.392 e. The van der Waals surface area contributed by atoms with Crippen molar-refractivity contribution in [3.63, 3.8) is 0 Å². The van der Waals surface area contributed by atoms with Crippen LogP contribution in [-0.2, 0) is 53.8 Å². The minimum absolute atomic E-state index is 0. The summed E-state index contributed by atoms with van der Waals surface area (Å²) < 4.78 is 0. The van der Waals surface area contributed by atoms with Crippen LogP contribution >= 0.6 is 0 Å². The Labute approximate surface area is 206 Å². The topological polar surface area (TPSA) is 20.2 Å². The second kappa shape index (κ2) is 13.1. The SMILES string of the molecule is C[C-](C)CC(C)C.[CH2-]C(C)(C)C(C)(C)C(C)(O)C(C)(C)[CH-]C(C)C.[W].[Y]. The Morgan fingerprint density at radius 2 is 1.27 bits per heavy atom. The molecule has 0 spiro atoms. The molecule has 0 amide bonds. The minimum atomic E-state index is -0.810. The predicted octanol–water partition coefficient (Wildman–Crippen LogP) is 7.15. The molecule has 0 saturated carbocycles. The molecule has 3 heteroatoms. The fourth-order valence-electron chi connectivity index (χ4n) is 3.28. The normalized spacial score (nSPS) is 15.0. The van der Waals surface area contributed by atoms with Gasteiger partial charge in [0.05, 0.1) is 0 Å². The number of hydrogen-bond acceptors (Lipinski definition) is 1. The quantitative estimate of drug-likeness (QED) is 0.303. The molecular formula is C23H47OWY-3. The molecule has 0 fully saturated rings. The summed E-state index contributed by atoms with van der Waals surface area (Å²) >= 11 is 0. The number of rotatable bonds is 7. The van der Waals surface area contributed by atoms with Gasteiger partial charge in [0.2, 0.25) is 0 Å². The average Bonchev–Trinajstić information content (AvgIpc) is 2.23. The summed E-state index contributed by atoms with van der Waals surface area (Å²) in [6.45, 7) is 31.9. The summed E-state index contributed by atoms with van der Waals surface area (Å²) in [4.78, 5) is 0. The van der Waals surface area contributed by atoms with Crippen LogP contribution in [0.3, 0.4) is 0 Å². The maximum absolute atomic E-state index is 11.1. The zero-order valence-electron chi connectivity index (χ0n) is 20.1. The third-order valence-electron chi connectivity index (χ3n) is 5.73. The maximum Gasteiger partial charge on any atom is 0.0432 e.